The van der Waals surface area contributed by atoms with Crippen molar-refractivity contribution in [3.63, 3.8) is 0 Å². The van der Waals surface area contributed by atoms with Gasteiger partial charge in [0.2, 0.25) is 0 Å². The number of ether oxygens (including phenoxy) is 1. The molecule has 1 aliphatic carbocycles. The molecule has 2 aromatic carbocycles. The molecule has 0 aliphatic heterocycles. The largest absolute Gasteiger partial charge is 0.466 e. The number of anilines is 1. The predicted molar refractivity (Wildman–Crippen MR) is 110 cm³/mol. The van der Waals surface area contributed by atoms with Crippen molar-refractivity contribution in [2.45, 2.75) is 31.1 Å². The number of para-hydroxylation sites is 1. The van der Waals surface area contributed by atoms with E-state index in [1.807, 2.05) is 31.2 Å². The van der Waals surface area contributed by atoms with Crippen molar-refractivity contribution in [3.8, 4) is 0 Å². The van der Waals surface area contributed by atoms with Gasteiger partial charge in [-0.2, -0.15) is 0 Å². The third kappa shape index (κ3) is 4.51. The lowest BCUT2D eigenvalue weighted by Crippen LogP contribution is -2.13. The van der Waals surface area contributed by atoms with Gasteiger partial charge in [-0.3, -0.25) is 4.72 Å². The summed E-state index contributed by atoms with van der Waals surface area (Å²) in [5, 5.41) is 0. The molecule has 5 nitrogen and oxygen atoms in total. The average Bonchev–Trinajstić information content (AvgIpc) is 3.15. The molecule has 1 N–H and O–H groups in total. The zero-order valence-electron chi connectivity index (χ0n) is 15.9. The van der Waals surface area contributed by atoms with Gasteiger partial charge in [-0.1, -0.05) is 48.0 Å². The van der Waals surface area contributed by atoms with Crippen LogP contribution in [0.25, 0.3) is 6.08 Å². The molecule has 146 valence electrons. The van der Waals surface area contributed by atoms with Crippen molar-refractivity contribution in [1.82, 2.24) is 0 Å². The Labute approximate surface area is 165 Å². The molecule has 0 bridgehead atoms. The van der Waals surface area contributed by atoms with Crippen molar-refractivity contribution >= 4 is 27.8 Å². The Morgan fingerprint density at radius 1 is 1.04 bits per heavy atom. The molecule has 2 aromatic rings. The average molecular weight is 397 g/mol. The van der Waals surface area contributed by atoms with E-state index in [-0.39, 0.29) is 10.9 Å². The van der Waals surface area contributed by atoms with Crippen LogP contribution in [-0.4, -0.2) is 21.5 Å². The Balaban J connectivity index is 1.88. The van der Waals surface area contributed by atoms with Crippen molar-refractivity contribution in [2.75, 3.05) is 11.8 Å². The van der Waals surface area contributed by atoms with Gasteiger partial charge < -0.3 is 4.74 Å². The van der Waals surface area contributed by atoms with E-state index in [0.717, 1.165) is 29.5 Å². The van der Waals surface area contributed by atoms with E-state index in [1.165, 1.54) is 7.11 Å². The SMILES string of the molecule is COC(=O)C1=C(/C=C/c2ccccc2NS(=O)(=O)c2ccc(C)cc2)CCC1. The van der Waals surface area contributed by atoms with Gasteiger partial charge in [0.05, 0.1) is 17.7 Å². The van der Waals surface area contributed by atoms with Gasteiger partial charge in [-0.05, 0) is 55.5 Å². The fraction of sp³-hybridized carbons (Fsp3) is 0.227. The third-order valence-corrected chi connectivity index (χ3v) is 6.07. The van der Waals surface area contributed by atoms with E-state index in [2.05, 4.69) is 4.72 Å². The highest BCUT2D eigenvalue weighted by atomic mass is 32.2. The van der Waals surface area contributed by atoms with Gasteiger partial charge in [-0.25, -0.2) is 13.2 Å². The Morgan fingerprint density at radius 2 is 1.75 bits per heavy atom. The molecule has 0 atom stereocenters. The number of aryl methyl sites for hydroxylation is 1. The number of allylic oxidation sites excluding steroid dienone is 2. The van der Waals surface area contributed by atoms with E-state index in [0.29, 0.717) is 17.7 Å². The van der Waals surface area contributed by atoms with Crippen LogP contribution < -0.4 is 4.72 Å². The summed E-state index contributed by atoms with van der Waals surface area (Å²) in [6.45, 7) is 1.91. The molecule has 6 heteroatoms. The summed E-state index contributed by atoms with van der Waals surface area (Å²) < 4.78 is 32.9. The molecule has 3 rings (SSSR count). The number of esters is 1. The summed E-state index contributed by atoms with van der Waals surface area (Å²) in [7, 11) is -2.31. The second-order valence-electron chi connectivity index (χ2n) is 6.69. The second-order valence-corrected chi connectivity index (χ2v) is 8.37. The van der Waals surface area contributed by atoms with Crippen molar-refractivity contribution in [1.29, 1.82) is 0 Å². The summed E-state index contributed by atoms with van der Waals surface area (Å²) in [6, 6.07) is 13.9. The molecule has 28 heavy (non-hydrogen) atoms. The highest BCUT2D eigenvalue weighted by Gasteiger charge is 2.20. The summed E-state index contributed by atoms with van der Waals surface area (Å²) in [5.41, 5.74) is 3.83. The van der Waals surface area contributed by atoms with E-state index >= 15 is 0 Å². The Morgan fingerprint density at radius 3 is 2.46 bits per heavy atom. The van der Waals surface area contributed by atoms with Crippen molar-refractivity contribution in [3.05, 3.63) is 76.9 Å². The molecule has 0 saturated heterocycles. The number of carbonyl (C=O) groups is 1. The molecule has 0 fully saturated rings. The molecule has 0 aromatic heterocycles. The van der Waals surface area contributed by atoms with Gasteiger partial charge in [0, 0.05) is 5.57 Å². The van der Waals surface area contributed by atoms with Crippen LogP contribution in [0.4, 0.5) is 5.69 Å². The fourth-order valence-corrected chi connectivity index (χ4v) is 4.24. The number of nitrogens with one attached hydrogen (secondary N) is 1. The number of benzene rings is 2. The number of carbonyl (C=O) groups excluding carboxylic acids is 1. The molecule has 0 unspecified atom stereocenters. The van der Waals surface area contributed by atoms with Gasteiger partial charge in [-0.15, -0.1) is 0 Å². The highest BCUT2D eigenvalue weighted by Crippen LogP contribution is 2.29. The molecular formula is C22H23NO4S. The molecule has 0 radical (unpaired) electrons. The van der Waals surface area contributed by atoms with E-state index < -0.39 is 10.0 Å². The topological polar surface area (TPSA) is 72.5 Å². The Bertz CT molecular complexity index is 1030. The maximum absolute atomic E-state index is 12.7. The van der Waals surface area contributed by atoms with Crippen LogP contribution in [0.5, 0.6) is 0 Å². The first-order chi connectivity index (χ1) is 13.4. The summed E-state index contributed by atoms with van der Waals surface area (Å²) in [5.74, 6) is -0.300. The fourth-order valence-electron chi connectivity index (χ4n) is 3.15. The summed E-state index contributed by atoms with van der Waals surface area (Å²) in [4.78, 5) is 12.1. The first-order valence-electron chi connectivity index (χ1n) is 9.07. The zero-order chi connectivity index (χ0) is 20.1. The van der Waals surface area contributed by atoms with Crippen LogP contribution in [-0.2, 0) is 19.6 Å². The quantitative estimate of drug-likeness (QED) is 0.731. The van der Waals surface area contributed by atoms with E-state index in [4.69, 9.17) is 4.74 Å². The predicted octanol–water partition coefficient (Wildman–Crippen LogP) is 4.46. The van der Waals surface area contributed by atoms with Gasteiger partial charge >= 0.3 is 5.97 Å². The van der Waals surface area contributed by atoms with Gasteiger partial charge in [0.25, 0.3) is 10.0 Å². The third-order valence-electron chi connectivity index (χ3n) is 4.69. The van der Waals surface area contributed by atoms with Gasteiger partial charge in [0.1, 0.15) is 0 Å². The van der Waals surface area contributed by atoms with Crippen LogP contribution >= 0.6 is 0 Å². The van der Waals surface area contributed by atoms with Crippen LogP contribution in [0.3, 0.4) is 0 Å². The van der Waals surface area contributed by atoms with Crippen LogP contribution in [0, 0.1) is 6.92 Å². The van der Waals surface area contributed by atoms with Crippen molar-refractivity contribution < 1.29 is 17.9 Å². The first-order valence-corrected chi connectivity index (χ1v) is 10.6. The highest BCUT2D eigenvalue weighted by molar-refractivity contribution is 7.92. The second kappa shape index (κ2) is 8.44. The lowest BCUT2D eigenvalue weighted by atomic mass is 10.1. The van der Waals surface area contributed by atoms with Crippen LogP contribution in [0.15, 0.2) is 70.6 Å². The number of hydrogen-bond acceptors (Lipinski definition) is 4. The van der Waals surface area contributed by atoms with E-state index in [1.54, 1.807) is 36.4 Å². The number of methoxy groups -OCH3 is 1. The van der Waals surface area contributed by atoms with E-state index in [9.17, 15) is 13.2 Å². The first kappa shape index (κ1) is 19.9. The number of sulfonamides is 1. The standard InChI is InChI=1S/C22H23NO4S/c1-16-10-14-19(15-11-16)28(25,26)23-21-9-4-3-6-18(21)13-12-17-7-5-8-20(17)22(24)27-2/h3-4,6,9-15,23H,5,7-8H2,1-2H3/b13-12+. The number of hydrogen-bond donors (Lipinski definition) is 1. The molecule has 0 saturated carbocycles. The minimum atomic E-state index is -3.69. The van der Waals surface area contributed by atoms with Crippen LogP contribution in [0.1, 0.15) is 30.4 Å². The monoisotopic (exact) mass is 397 g/mol. The molecular weight excluding hydrogens is 374 g/mol. The molecule has 0 spiro atoms. The van der Waals surface area contributed by atoms with Crippen LogP contribution in [0.2, 0.25) is 0 Å². The maximum Gasteiger partial charge on any atom is 0.333 e. The number of rotatable bonds is 6. The minimum absolute atomic E-state index is 0.211. The maximum atomic E-state index is 12.7. The minimum Gasteiger partial charge on any atom is -0.466 e. The zero-order valence-corrected chi connectivity index (χ0v) is 16.8. The molecule has 0 heterocycles. The summed E-state index contributed by atoms with van der Waals surface area (Å²) in [6.07, 6.45) is 6.12. The molecule has 0 amide bonds. The lowest BCUT2D eigenvalue weighted by Gasteiger charge is -2.11. The molecule has 1 aliphatic rings. The smallest absolute Gasteiger partial charge is 0.333 e. The normalized spacial score (nSPS) is 14.5. The Hall–Kier alpha value is -2.86. The van der Waals surface area contributed by atoms with Crippen molar-refractivity contribution in [2.24, 2.45) is 0 Å². The lowest BCUT2D eigenvalue weighted by molar-refractivity contribution is -0.136. The Kier molecular flexibility index (Phi) is 5.99. The summed E-state index contributed by atoms with van der Waals surface area (Å²) >= 11 is 0. The van der Waals surface area contributed by atoms with Gasteiger partial charge in [0.15, 0.2) is 0 Å².